The maximum atomic E-state index is 13.0. The van der Waals surface area contributed by atoms with Gasteiger partial charge in [-0.3, -0.25) is 19.3 Å². The van der Waals surface area contributed by atoms with Crippen molar-refractivity contribution >= 4 is 23.4 Å². The molecule has 1 saturated heterocycles. The minimum Gasteiger partial charge on any atom is -0.324 e. The van der Waals surface area contributed by atoms with Gasteiger partial charge < -0.3 is 5.32 Å². The van der Waals surface area contributed by atoms with Crippen LogP contribution in [0.5, 0.6) is 0 Å². The molecule has 0 unspecified atom stereocenters. The van der Waals surface area contributed by atoms with Crippen LogP contribution in [0.3, 0.4) is 0 Å². The van der Waals surface area contributed by atoms with Crippen molar-refractivity contribution < 1.29 is 14.4 Å². The number of carbonyl (C=O) groups excluding carboxylic acids is 3. The number of rotatable bonds is 3. The molecule has 0 spiro atoms. The molecule has 1 heterocycles. The molecule has 3 amide bonds. The molecule has 1 aromatic rings. The largest absolute Gasteiger partial charge is 0.324 e. The first-order valence-corrected chi connectivity index (χ1v) is 9.40. The van der Waals surface area contributed by atoms with E-state index in [0.29, 0.717) is 17.5 Å². The van der Waals surface area contributed by atoms with Crippen molar-refractivity contribution in [2.24, 2.45) is 35.5 Å². The quantitative estimate of drug-likeness (QED) is 0.672. The van der Waals surface area contributed by atoms with Gasteiger partial charge in [0, 0.05) is 5.69 Å². The second-order valence-corrected chi connectivity index (χ2v) is 8.23. The summed E-state index contributed by atoms with van der Waals surface area (Å²) in [6.45, 7) is 3.62. The van der Waals surface area contributed by atoms with Crippen LogP contribution in [0, 0.1) is 42.4 Å². The van der Waals surface area contributed by atoms with Crippen LogP contribution in [0.4, 0.5) is 5.69 Å². The van der Waals surface area contributed by atoms with Gasteiger partial charge in [0.2, 0.25) is 17.7 Å². The number of imide groups is 1. The van der Waals surface area contributed by atoms with E-state index in [4.69, 9.17) is 0 Å². The summed E-state index contributed by atoms with van der Waals surface area (Å²) < 4.78 is 0. The summed E-state index contributed by atoms with van der Waals surface area (Å²) in [4.78, 5) is 40.0. The Balaban J connectivity index is 1.37. The molecule has 5 aliphatic rings. The predicted molar refractivity (Wildman–Crippen MR) is 95.8 cm³/mol. The number of aryl methyl sites for hydroxylation is 1. The smallest absolute Gasteiger partial charge is 0.247 e. The van der Waals surface area contributed by atoms with Crippen molar-refractivity contribution in [1.82, 2.24) is 4.90 Å². The van der Waals surface area contributed by atoms with E-state index >= 15 is 0 Å². The highest BCUT2D eigenvalue weighted by molar-refractivity contribution is 6.10. The van der Waals surface area contributed by atoms with Crippen LogP contribution in [0.1, 0.15) is 18.9 Å². The number of carbonyl (C=O) groups is 3. The number of anilines is 1. The number of amides is 3. The van der Waals surface area contributed by atoms with Gasteiger partial charge in [-0.2, -0.15) is 0 Å². The Bertz CT molecular complexity index is 807. The van der Waals surface area contributed by atoms with E-state index in [2.05, 4.69) is 17.5 Å². The monoisotopic (exact) mass is 350 g/mol. The number of allylic oxidation sites excluding steroid dienone is 2. The molecule has 3 fully saturated rings. The average molecular weight is 350 g/mol. The molecule has 5 heteroatoms. The van der Waals surface area contributed by atoms with Gasteiger partial charge in [-0.1, -0.05) is 29.8 Å². The second kappa shape index (κ2) is 5.29. The lowest BCUT2D eigenvalue weighted by atomic mass is 9.63. The van der Waals surface area contributed by atoms with Crippen molar-refractivity contribution in [3.05, 3.63) is 42.0 Å². The molecule has 1 N–H and O–H groups in total. The lowest BCUT2D eigenvalue weighted by Gasteiger charge is -2.37. The summed E-state index contributed by atoms with van der Waals surface area (Å²) in [6, 6.07) is 6.68. The fourth-order valence-electron chi connectivity index (χ4n) is 5.36. The first-order valence-electron chi connectivity index (χ1n) is 9.40. The Morgan fingerprint density at radius 3 is 2.12 bits per heavy atom. The third-order valence-corrected chi connectivity index (χ3v) is 6.78. The Kier molecular flexibility index (Phi) is 3.21. The summed E-state index contributed by atoms with van der Waals surface area (Å²) in [7, 11) is 0. The lowest BCUT2D eigenvalue weighted by Crippen LogP contribution is -2.46. The Morgan fingerprint density at radius 2 is 1.58 bits per heavy atom. The summed E-state index contributed by atoms with van der Waals surface area (Å²) in [5, 5.41) is 2.82. The molecule has 4 aliphatic carbocycles. The molecule has 5 nitrogen and oxygen atoms in total. The van der Waals surface area contributed by atoms with Crippen molar-refractivity contribution in [3.8, 4) is 0 Å². The lowest BCUT2D eigenvalue weighted by molar-refractivity contribution is -0.146. The fourth-order valence-corrected chi connectivity index (χ4v) is 5.36. The standard InChI is InChI=1S/C21H22N2O3/c1-10-3-5-12(6-4-10)22-19(24)11(2)23-20(25)17-13-7-8-14(16-9-15(13)16)18(17)21(23)26/h3-8,11,13-18H,9H2,1-2H3,(H,22,24)/t11-,13-,14-,15-,16-,17+,18+/m0/s1. The average Bonchev–Trinajstić information content (AvgIpc) is 3.41. The molecule has 2 saturated carbocycles. The van der Waals surface area contributed by atoms with Gasteiger partial charge in [0.25, 0.3) is 0 Å². The third kappa shape index (κ3) is 2.06. The van der Waals surface area contributed by atoms with Crippen LogP contribution in [0.15, 0.2) is 36.4 Å². The highest BCUT2D eigenvalue weighted by Gasteiger charge is 2.67. The van der Waals surface area contributed by atoms with E-state index < -0.39 is 6.04 Å². The Labute approximate surface area is 152 Å². The number of likely N-dealkylation sites (tertiary alicyclic amines) is 1. The van der Waals surface area contributed by atoms with Gasteiger partial charge in [0.15, 0.2) is 0 Å². The number of benzene rings is 1. The molecule has 1 aliphatic heterocycles. The summed E-state index contributed by atoms with van der Waals surface area (Å²) in [5.74, 6) is 0.367. The maximum Gasteiger partial charge on any atom is 0.247 e. The molecule has 2 bridgehead atoms. The minimum absolute atomic E-state index is 0.156. The molecule has 7 atom stereocenters. The van der Waals surface area contributed by atoms with E-state index in [1.165, 1.54) is 4.90 Å². The third-order valence-electron chi connectivity index (χ3n) is 6.78. The van der Waals surface area contributed by atoms with Gasteiger partial charge in [-0.05, 0) is 56.1 Å². The number of nitrogens with zero attached hydrogens (tertiary/aromatic N) is 1. The Morgan fingerprint density at radius 1 is 1.04 bits per heavy atom. The molecule has 1 aromatic carbocycles. The van der Waals surface area contributed by atoms with Gasteiger partial charge in [-0.25, -0.2) is 0 Å². The molecule has 6 rings (SSSR count). The normalized spacial score (nSPS) is 37.4. The Hall–Kier alpha value is -2.43. The molecule has 0 aromatic heterocycles. The van der Waals surface area contributed by atoms with Gasteiger partial charge in [0.05, 0.1) is 11.8 Å². The van der Waals surface area contributed by atoms with Crippen LogP contribution < -0.4 is 5.32 Å². The number of hydrogen-bond acceptors (Lipinski definition) is 3. The van der Waals surface area contributed by atoms with E-state index in [9.17, 15) is 14.4 Å². The minimum atomic E-state index is -0.794. The van der Waals surface area contributed by atoms with Gasteiger partial charge >= 0.3 is 0 Å². The molecular formula is C21H22N2O3. The topological polar surface area (TPSA) is 66.5 Å². The molecule has 0 radical (unpaired) electrons. The zero-order valence-electron chi connectivity index (χ0n) is 14.9. The van der Waals surface area contributed by atoms with Crippen LogP contribution in [-0.2, 0) is 14.4 Å². The van der Waals surface area contributed by atoms with Crippen molar-refractivity contribution in [2.45, 2.75) is 26.3 Å². The van der Waals surface area contributed by atoms with Crippen molar-refractivity contribution in [1.29, 1.82) is 0 Å². The zero-order valence-corrected chi connectivity index (χ0v) is 14.9. The highest BCUT2D eigenvalue weighted by atomic mass is 16.2. The van der Waals surface area contributed by atoms with Crippen LogP contribution in [0.2, 0.25) is 0 Å². The predicted octanol–water partition coefficient (Wildman–Crippen LogP) is 2.38. The summed E-state index contributed by atoms with van der Waals surface area (Å²) in [5.41, 5.74) is 1.78. The van der Waals surface area contributed by atoms with E-state index in [-0.39, 0.29) is 41.4 Å². The van der Waals surface area contributed by atoms with Crippen LogP contribution >= 0.6 is 0 Å². The van der Waals surface area contributed by atoms with E-state index in [1.54, 1.807) is 6.92 Å². The number of hydrogen-bond donors (Lipinski definition) is 1. The maximum absolute atomic E-state index is 13.0. The number of nitrogens with one attached hydrogen (secondary N) is 1. The highest BCUT2D eigenvalue weighted by Crippen LogP contribution is 2.65. The molecule has 26 heavy (non-hydrogen) atoms. The molecule has 134 valence electrons. The summed E-state index contributed by atoms with van der Waals surface area (Å²) in [6.07, 6.45) is 5.43. The SMILES string of the molecule is Cc1ccc(NC(=O)[C@H](C)N2C(=O)[C@@H]3[C@H]4C=C[C@@H]([C@@H]5C[C@@H]45)[C@H]3C2=O)cc1. The van der Waals surface area contributed by atoms with Gasteiger partial charge in [-0.15, -0.1) is 0 Å². The first-order chi connectivity index (χ1) is 12.5. The van der Waals surface area contributed by atoms with Crippen molar-refractivity contribution in [2.75, 3.05) is 5.32 Å². The van der Waals surface area contributed by atoms with E-state index in [1.807, 2.05) is 31.2 Å². The molecular weight excluding hydrogens is 328 g/mol. The van der Waals surface area contributed by atoms with Crippen LogP contribution in [0.25, 0.3) is 0 Å². The summed E-state index contributed by atoms with van der Waals surface area (Å²) >= 11 is 0. The second-order valence-electron chi connectivity index (χ2n) is 8.23. The van der Waals surface area contributed by atoms with Crippen molar-refractivity contribution in [3.63, 3.8) is 0 Å². The zero-order chi connectivity index (χ0) is 18.2. The van der Waals surface area contributed by atoms with E-state index in [0.717, 1.165) is 12.0 Å². The fraction of sp³-hybridized carbons (Fsp3) is 0.476. The first kappa shape index (κ1) is 15.8. The van der Waals surface area contributed by atoms with Crippen LogP contribution in [-0.4, -0.2) is 28.7 Å². The van der Waals surface area contributed by atoms with Gasteiger partial charge in [0.1, 0.15) is 6.04 Å².